The average Bonchev–Trinajstić information content (AvgIpc) is 3.48. The van der Waals surface area contributed by atoms with Crippen LogP contribution in [0.4, 0.5) is 0 Å². The third-order valence-corrected chi connectivity index (χ3v) is 6.67. The fourth-order valence-electron chi connectivity index (χ4n) is 4.08. The van der Waals surface area contributed by atoms with E-state index in [1.165, 1.54) is 6.33 Å². The van der Waals surface area contributed by atoms with Crippen molar-refractivity contribution < 1.29 is 5.11 Å². The summed E-state index contributed by atoms with van der Waals surface area (Å²) in [4.78, 5) is 13.0. The SMILES string of the molecule is Cn1c2c(c3sc(Cc4cncnc4)nc31)C=NN(Cc1cccc3[nH]ncc13)C2O. The van der Waals surface area contributed by atoms with Gasteiger partial charge in [-0.25, -0.2) is 15.0 Å². The molecule has 1 atom stereocenters. The maximum Gasteiger partial charge on any atom is 0.184 e. The summed E-state index contributed by atoms with van der Waals surface area (Å²) >= 11 is 1.62. The fraction of sp³-hybridized carbons (Fsp3) is 0.190. The average molecular weight is 430 g/mol. The highest BCUT2D eigenvalue weighted by Gasteiger charge is 2.30. The van der Waals surface area contributed by atoms with E-state index in [0.717, 1.165) is 48.6 Å². The first kappa shape index (κ1) is 18.2. The lowest BCUT2D eigenvalue weighted by molar-refractivity contribution is -0.00972. The molecule has 5 heterocycles. The third kappa shape index (κ3) is 2.91. The number of nitrogens with zero attached hydrogens (tertiary/aromatic N) is 7. The summed E-state index contributed by atoms with van der Waals surface area (Å²) in [5, 5.41) is 26.5. The van der Waals surface area contributed by atoms with Crippen LogP contribution in [-0.2, 0) is 20.0 Å². The van der Waals surface area contributed by atoms with Gasteiger partial charge in [0.1, 0.15) is 11.3 Å². The number of thiazole rings is 1. The van der Waals surface area contributed by atoms with Crippen LogP contribution in [0.25, 0.3) is 21.3 Å². The van der Waals surface area contributed by atoms with Crippen molar-refractivity contribution >= 4 is 38.8 Å². The molecule has 31 heavy (non-hydrogen) atoms. The number of hydrogen-bond donors (Lipinski definition) is 2. The number of rotatable bonds is 4. The van der Waals surface area contributed by atoms with Gasteiger partial charge in [-0.15, -0.1) is 11.3 Å². The molecule has 154 valence electrons. The lowest BCUT2D eigenvalue weighted by Crippen LogP contribution is -2.29. The molecule has 5 aromatic rings. The topological polar surface area (TPSA) is 108 Å². The molecular weight excluding hydrogens is 412 g/mol. The molecule has 0 saturated carbocycles. The summed E-state index contributed by atoms with van der Waals surface area (Å²) in [6.07, 6.45) is 8.58. The number of H-pyrrole nitrogens is 1. The number of aliphatic hydroxyl groups excluding tert-OH is 1. The first-order valence-electron chi connectivity index (χ1n) is 9.80. The maximum atomic E-state index is 11.1. The van der Waals surface area contributed by atoms with E-state index in [1.54, 1.807) is 34.9 Å². The second-order valence-electron chi connectivity index (χ2n) is 7.51. The van der Waals surface area contributed by atoms with E-state index in [-0.39, 0.29) is 0 Å². The lowest BCUT2D eigenvalue weighted by Gasteiger charge is -2.29. The molecule has 2 N–H and O–H groups in total. The van der Waals surface area contributed by atoms with E-state index in [0.29, 0.717) is 13.0 Å². The normalized spacial score (nSPS) is 15.8. The van der Waals surface area contributed by atoms with Gasteiger partial charge in [0.05, 0.1) is 34.9 Å². The Labute approximate surface area is 180 Å². The van der Waals surface area contributed by atoms with Crippen LogP contribution >= 0.6 is 11.3 Å². The van der Waals surface area contributed by atoms with Crippen molar-refractivity contribution in [2.24, 2.45) is 12.1 Å². The van der Waals surface area contributed by atoms with Crippen molar-refractivity contribution in [2.75, 3.05) is 0 Å². The molecule has 1 aliphatic rings. The zero-order valence-corrected chi connectivity index (χ0v) is 17.4. The summed E-state index contributed by atoms with van der Waals surface area (Å²) in [6, 6.07) is 5.99. The maximum absolute atomic E-state index is 11.1. The smallest absolute Gasteiger partial charge is 0.184 e. The molecule has 0 bridgehead atoms. The number of hydrogen-bond acceptors (Lipinski definition) is 8. The van der Waals surface area contributed by atoms with E-state index in [1.807, 2.05) is 36.0 Å². The van der Waals surface area contributed by atoms with Crippen LogP contribution in [0, 0.1) is 0 Å². The van der Waals surface area contributed by atoms with Gasteiger partial charge in [0, 0.05) is 36.8 Å². The number of aromatic nitrogens is 6. The number of hydrazone groups is 1. The number of benzene rings is 1. The van der Waals surface area contributed by atoms with Crippen molar-refractivity contribution in [3.63, 3.8) is 0 Å². The number of nitrogens with one attached hydrogen (secondary N) is 1. The van der Waals surface area contributed by atoms with Gasteiger partial charge in [0.15, 0.2) is 11.9 Å². The predicted molar refractivity (Wildman–Crippen MR) is 118 cm³/mol. The summed E-state index contributed by atoms with van der Waals surface area (Å²) < 4.78 is 3.00. The zero-order valence-electron chi connectivity index (χ0n) is 16.6. The highest BCUT2D eigenvalue weighted by atomic mass is 32.1. The van der Waals surface area contributed by atoms with Crippen molar-refractivity contribution in [1.82, 2.24) is 34.7 Å². The second-order valence-corrected chi connectivity index (χ2v) is 8.59. The molecule has 9 nitrogen and oxygen atoms in total. The molecule has 0 amide bonds. The third-order valence-electron chi connectivity index (χ3n) is 5.59. The Morgan fingerprint density at radius 1 is 1.19 bits per heavy atom. The number of fused-ring (bicyclic) bond motifs is 4. The number of aliphatic hydroxyl groups is 1. The summed E-state index contributed by atoms with van der Waals surface area (Å²) in [5.74, 6) is 0. The largest absolute Gasteiger partial charge is 0.367 e. The highest BCUT2D eigenvalue weighted by molar-refractivity contribution is 7.19. The van der Waals surface area contributed by atoms with Gasteiger partial charge >= 0.3 is 0 Å². The summed E-state index contributed by atoms with van der Waals surface area (Å²) in [5.41, 5.74) is 5.62. The van der Waals surface area contributed by atoms with Crippen LogP contribution in [0.1, 0.15) is 33.6 Å². The Hall–Kier alpha value is -3.63. The van der Waals surface area contributed by atoms with E-state index >= 15 is 0 Å². The van der Waals surface area contributed by atoms with Crippen LogP contribution in [0.2, 0.25) is 0 Å². The van der Waals surface area contributed by atoms with Gasteiger partial charge in [-0.05, 0) is 17.2 Å². The Kier molecular flexibility index (Phi) is 4.08. The Morgan fingerprint density at radius 3 is 2.94 bits per heavy atom. The number of aromatic amines is 1. The first-order chi connectivity index (χ1) is 15.2. The first-order valence-corrected chi connectivity index (χ1v) is 10.6. The quantitative estimate of drug-likeness (QED) is 0.454. The molecule has 0 saturated heterocycles. The molecule has 6 rings (SSSR count). The molecule has 10 heteroatoms. The van der Waals surface area contributed by atoms with Gasteiger partial charge in [-0.2, -0.15) is 10.2 Å². The van der Waals surface area contributed by atoms with Gasteiger partial charge in [-0.3, -0.25) is 10.1 Å². The van der Waals surface area contributed by atoms with E-state index in [9.17, 15) is 5.11 Å². The molecule has 1 unspecified atom stereocenters. The van der Waals surface area contributed by atoms with Crippen LogP contribution < -0.4 is 0 Å². The minimum absolute atomic E-state index is 0.472. The lowest BCUT2D eigenvalue weighted by atomic mass is 10.1. The minimum Gasteiger partial charge on any atom is -0.367 e. The van der Waals surface area contributed by atoms with Crippen molar-refractivity contribution in [3.05, 3.63) is 70.5 Å². The molecular formula is C21H18N8OS. The molecule has 1 aliphatic heterocycles. The monoisotopic (exact) mass is 430 g/mol. The predicted octanol–water partition coefficient (Wildman–Crippen LogP) is 2.73. The van der Waals surface area contributed by atoms with E-state index in [2.05, 4.69) is 25.3 Å². The summed E-state index contributed by atoms with van der Waals surface area (Å²) in [6.45, 7) is 0.472. The summed E-state index contributed by atoms with van der Waals surface area (Å²) in [7, 11) is 1.94. The Bertz CT molecular complexity index is 1430. The fourth-order valence-corrected chi connectivity index (χ4v) is 5.23. The molecule has 0 fully saturated rings. The Morgan fingerprint density at radius 2 is 2.06 bits per heavy atom. The Balaban J connectivity index is 1.33. The van der Waals surface area contributed by atoms with Crippen molar-refractivity contribution in [2.45, 2.75) is 19.2 Å². The molecule has 0 radical (unpaired) electrons. The molecule has 0 spiro atoms. The van der Waals surface area contributed by atoms with E-state index in [4.69, 9.17) is 4.98 Å². The van der Waals surface area contributed by atoms with Gasteiger partial charge < -0.3 is 9.67 Å². The van der Waals surface area contributed by atoms with Gasteiger partial charge in [0.2, 0.25) is 0 Å². The van der Waals surface area contributed by atoms with Crippen LogP contribution in [0.3, 0.4) is 0 Å². The molecule has 0 aliphatic carbocycles. The number of aryl methyl sites for hydroxylation is 1. The van der Waals surface area contributed by atoms with Crippen molar-refractivity contribution in [3.8, 4) is 0 Å². The minimum atomic E-state index is -0.862. The van der Waals surface area contributed by atoms with E-state index < -0.39 is 6.23 Å². The molecule has 1 aromatic carbocycles. The standard InChI is InChI=1S/C21H18N8OS/c1-28-18-15(19-20(28)26-17(31-19)5-12-6-22-11-23-7-12)9-25-29(21(18)30)10-13-3-2-4-16-14(13)8-24-27-16/h2-4,6-9,11,21,30H,5,10H2,1H3,(H,24,27). The second kappa shape index (κ2) is 6.96. The van der Waals surface area contributed by atoms with Crippen LogP contribution in [0.15, 0.2) is 48.2 Å². The van der Waals surface area contributed by atoms with Gasteiger partial charge in [0.25, 0.3) is 0 Å². The molecule has 4 aromatic heterocycles. The van der Waals surface area contributed by atoms with Crippen molar-refractivity contribution in [1.29, 1.82) is 0 Å². The van der Waals surface area contributed by atoms with Crippen LogP contribution in [0.5, 0.6) is 0 Å². The zero-order chi connectivity index (χ0) is 20.9. The van der Waals surface area contributed by atoms with Gasteiger partial charge in [-0.1, -0.05) is 12.1 Å². The van der Waals surface area contributed by atoms with Crippen LogP contribution in [-0.4, -0.2) is 46.0 Å². The highest BCUT2D eigenvalue weighted by Crippen LogP contribution is 2.37.